The summed E-state index contributed by atoms with van der Waals surface area (Å²) in [5, 5.41) is 0. The van der Waals surface area contributed by atoms with Crippen molar-refractivity contribution in [2.24, 2.45) is 5.92 Å². The summed E-state index contributed by atoms with van der Waals surface area (Å²) in [5.41, 5.74) is 0. The second kappa shape index (κ2) is 6.33. The molecule has 1 heterocycles. The minimum absolute atomic E-state index is 0.0462. The number of amides is 1. The fraction of sp³-hybridized carbons (Fsp3) is 0.909. The summed E-state index contributed by atoms with van der Waals surface area (Å²) in [4.78, 5) is 13.2. The number of halogens is 1. The van der Waals surface area contributed by atoms with E-state index < -0.39 is 16.0 Å². The van der Waals surface area contributed by atoms with E-state index >= 15 is 0 Å². The van der Waals surface area contributed by atoms with Crippen LogP contribution in [0.4, 0.5) is 3.89 Å². The number of carbonyl (C=O) groups excluding carboxylic acids is 1. The summed E-state index contributed by atoms with van der Waals surface area (Å²) in [5.74, 6) is -0.941. The van der Waals surface area contributed by atoms with E-state index in [2.05, 4.69) is 6.92 Å². The lowest BCUT2D eigenvalue weighted by Gasteiger charge is -2.15. The third-order valence-electron chi connectivity index (χ3n) is 3.01. The number of carbonyl (C=O) groups is 1. The number of hydrogen-bond donors (Lipinski definition) is 0. The Bertz CT molecular complexity index is 356. The van der Waals surface area contributed by atoms with Gasteiger partial charge in [-0.15, -0.1) is 3.89 Å². The van der Waals surface area contributed by atoms with Gasteiger partial charge in [-0.3, -0.25) is 4.79 Å². The molecule has 17 heavy (non-hydrogen) atoms. The first kappa shape index (κ1) is 14.4. The molecule has 0 aromatic carbocycles. The van der Waals surface area contributed by atoms with E-state index in [1.165, 1.54) is 0 Å². The minimum Gasteiger partial charge on any atom is -0.342 e. The molecule has 1 unspecified atom stereocenters. The summed E-state index contributed by atoms with van der Waals surface area (Å²) in [7, 11) is -4.46. The van der Waals surface area contributed by atoms with Crippen LogP contribution in [-0.4, -0.2) is 38.1 Å². The standard InChI is InChI=1S/C11H20FNO3S/c1-2-3-4-5-6-13-8-10(7-11(13)14)9-17(12,15)16/h10H,2-9H2,1H3. The van der Waals surface area contributed by atoms with Crippen LogP contribution in [0.5, 0.6) is 0 Å². The Hall–Kier alpha value is -0.650. The van der Waals surface area contributed by atoms with Crippen LogP contribution in [0, 0.1) is 5.92 Å². The van der Waals surface area contributed by atoms with Gasteiger partial charge in [0.15, 0.2) is 0 Å². The van der Waals surface area contributed by atoms with Crippen molar-refractivity contribution in [1.29, 1.82) is 0 Å². The maximum Gasteiger partial charge on any atom is 0.302 e. The van der Waals surface area contributed by atoms with E-state index in [0.717, 1.165) is 25.7 Å². The Kier molecular flexibility index (Phi) is 5.36. The molecular formula is C11H20FNO3S. The van der Waals surface area contributed by atoms with Crippen LogP contribution in [0.25, 0.3) is 0 Å². The first-order chi connectivity index (χ1) is 7.92. The lowest BCUT2D eigenvalue weighted by molar-refractivity contribution is -0.127. The fourth-order valence-electron chi connectivity index (χ4n) is 2.19. The largest absolute Gasteiger partial charge is 0.342 e. The molecule has 1 fully saturated rings. The zero-order valence-corrected chi connectivity index (χ0v) is 11.0. The number of rotatable bonds is 7. The molecule has 1 aliphatic heterocycles. The maximum absolute atomic E-state index is 12.5. The molecule has 0 bridgehead atoms. The van der Waals surface area contributed by atoms with Crippen molar-refractivity contribution < 1.29 is 17.1 Å². The first-order valence-electron chi connectivity index (χ1n) is 6.12. The molecular weight excluding hydrogens is 245 g/mol. The van der Waals surface area contributed by atoms with Gasteiger partial charge < -0.3 is 4.90 Å². The molecule has 1 aliphatic rings. The highest BCUT2D eigenvalue weighted by atomic mass is 32.3. The van der Waals surface area contributed by atoms with Crippen molar-refractivity contribution in [1.82, 2.24) is 4.90 Å². The second-order valence-corrected chi connectivity index (χ2v) is 6.09. The van der Waals surface area contributed by atoms with Crippen molar-refractivity contribution in [3.8, 4) is 0 Å². The van der Waals surface area contributed by atoms with Gasteiger partial charge in [0.2, 0.25) is 5.91 Å². The number of hydrogen-bond acceptors (Lipinski definition) is 3. The average Bonchev–Trinajstić information content (AvgIpc) is 2.51. The zero-order valence-electron chi connectivity index (χ0n) is 10.2. The summed E-state index contributed by atoms with van der Waals surface area (Å²) in [6.45, 7) is 3.17. The molecule has 0 spiro atoms. The monoisotopic (exact) mass is 265 g/mol. The van der Waals surface area contributed by atoms with E-state index in [9.17, 15) is 17.1 Å². The fourth-order valence-corrected chi connectivity index (χ4v) is 2.98. The van der Waals surface area contributed by atoms with Crippen LogP contribution in [0.3, 0.4) is 0 Å². The SMILES string of the molecule is CCCCCCN1CC(CS(=O)(=O)F)CC1=O. The Labute approximate surface area is 102 Å². The molecule has 0 N–H and O–H groups in total. The van der Waals surface area contributed by atoms with Gasteiger partial charge in [-0.2, -0.15) is 8.42 Å². The van der Waals surface area contributed by atoms with Crippen LogP contribution in [-0.2, 0) is 15.0 Å². The first-order valence-corrected chi connectivity index (χ1v) is 7.67. The van der Waals surface area contributed by atoms with Crippen molar-refractivity contribution in [2.45, 2.75) is 39.0 Å². The molecule has 0 aliphatic carbocycles. The molecule has 1 atom stereocenters. The highest BCUT2D eigenvalue weighted by Crippen LogP contribution is 2.20. The Morgan fingerprint density at radius 2 is 2.06 bits per heavy atom. The molecule has 100 valence electrons. The van der Waals surface area contributed by atoms with Crippen LogP contribution < -0.4 is 0 Å². The number of unbranched alkanes of at least 4 members (excludes halogenated alkanes) is 3. The lowest BCUT2D eigenvalue weighted by Crippen LogP contribution is -2.27. The Morgan fingerprint density at radius 3 is 2.65 bits per heavy atom. The van der Waals surface area contributed by atoms with Crippen molar-refractivity contribution in [3.63, 3.8) is 0 Å². The smallest absolute Gasteiger partial charge is 0.302 e. The molecule has 0 aromatic rings. The second-order valence-electron chi connectivity index (χ2n) is 4.68. The van der Waals surface area contributed by atoms with Gasteiger partial charge in [-0.05, 0) is 6.42 Å². The zero-order chi connectivity index (χ0) is 12.9. The number of nitrogens with zero attached hydrogens (tertiary/aromatic N) is 1. The van der Waals surface area contributed by atoms with Gasteiger partial charge in [-0.25, -0.2) is 0 Å². The normalized spacial score (nSPS) is 21.2. The summed E-state index contributed by atoms with van der Waals surface area (Å²) >= 11 is 0. The van der Waals surface area contributed by atoms with Crippen LogP contribution in [0.2, 0.25) is 0 Å². The van der Waals surface area contributed by atoms with Crippen molar-refractivity contribution in [3.05, 3.63) is 0 Å². The van der Waals surface area contributed by atoms with Crippen molar-refractivity contribution >= 4 is 16.1 Å². The molecule has 1 amide bonds. The van der Waals surface area contributed by atoms with Gasteiger partial charge in [0.05, 0.1) is 5.75 Å². The van der Waals surface area contributed by atoms with Gasteiger partial charge in [0.25, 0.3) is 0 Å². The molecule has 0 radical (unpaired) electrons. The predicted octanol–water partition coefficient (Wildman–Crippen LogP) is 1.71. The van der Waals surface area contributed by atoms with E-state index in [1.807, 2.05) is 0 Å². The van der Waals surface area contributed by atoms with Crippen LogP contribution >= 0.6 is 0 Å². The van der Waals surface area contributed by atoms with Gasteiger partial charge >= 0.3 is 10.2 Å². The van der Waals surface area contributed by atoms with Gasteiger partial charge in [-0.1, -0.05) is 26.2 Å². The third-order valence-corrected chi connectivity index (χ3v) is 3.88. The maximum atomic E-state index is 12.5. The molecule has 1 saturated heterocycles. The van der Waals surface area contributed by atoms with E-state index in [-0.39, 0.29) is 18.2 Å². The topological polar surface area (TPSA) is 54.5 Å². The van der Waals surface area contributed by atoms with Crippen LogP contribution in [0.15, 0.2) is 0 Å². The van der Waals surface area contributed by atoms with E-state index in [4.69, 9.17) is 0 Å². The van der Waals surface area contributed by atoms with E-state index in [1.54, 1.807) is 4.90 Å². The Balaban J connectivity index is 2.32. The van der Waals surface area contributed by atoms with Crippen molar-refractivity contribution in [2.75, 3.05) is 18.8 Å². The van der Waals surface area contributed by atoms with Gasteiger partial charge in [0, 0.05) is 25.4 Å². The predicted molar refractivity (Wildman–Crippen MR) is 63.7 cm³/mol. The minimum atomic E-state index is -4.46. The number of likely N-dealkylation sites (tertiary alicyclic amines) is 1. The highest BCUT2D eigenvalue weighted by Gasteiger charge is 2.32. The molecule has 6 heteroatoms. The third kappa shape index (κ3) is 5.48. The summed E-state index contributed by atoms with van der Waals surface area (Å²) in [6.07, 6.45) is 4.46. The average molecular weight is 265 g/mol. The van der Waals surface area contributed by atoms with E-state index in [0.29, 0.717) is 13.1 Å². The summed E-state index contributed by atoms with van der Waals surface area (Å²) < 4.78 is 33.5. The van der Waals surface area contributed by atoms with Gasteiger partial charge in [0.1, 0.15) is 0 Å². The van der Waals surface area contributed by atoms with Crippen LogP contribution in [0.1, 0.15) is 39.0 Å². The lowest BCUT2D eigenvalue weighted by atomic mass is 10.1. The summed E-state index contributed by atoms with van der Waals surface area (Å²) in [6, 6.07) is 0. The molecule has 1 rings (SSSR count). The molecule has 0 saturated carbocycles. The quantitative estimate of drug-likeness (QED) is 0.520. The molecule has 4 nitrogen and oxygen atoms in total. The Morgan fingerprint density at radius 1 is 1.35 bits per heavy atom. The highest BCUT2D eigenvalue weighted by molar-refractivity contribution is 7.86. The molecule has 0 aromatic heterocycles.